The van der Waals surface area contributed by atoms with Gasteiger partial charge in [-0.1, -0.05) is 71.9 Å². The van der Waals surface area contributed by atoms with E-state index >= 15 is 0 Å². The molecule has 0 aliphatic heterocycles. The predicted octanol–water partition coefficient (Wildman–Crippen LogP) is 6.27. The molecule has 0 atom stereocenters. The molecule has 5 nitrogen and oxygen atoms in total. The molecular formula is C26H17ClN2O3S. The first-order valence-electron chi connectivity index (χ1n) is 10.2. The number of hydrogen-bond acceptors (Lipinski definition) is 5. The van der Waals surface area contributed by atoms with Crippen LogP contribution in [0.3, 0.4) is 0 Å². The van der Waals surface area contributed by atoms with E-state index in [1.165, 1.54) is 11.8 Å². The van der Waals surface area contributed by atoms with Crippen LogP contribution in [0.5, 0.6) is 0 Å². The molecule has 0 amide bonds. The quantitative estimate of drug-likeness (QED) is 0.165. The van der Waals surface area contributed by atoms with Gasteiger partial charge in [0.2, 0.25) is 0 Å². The second kappa shape index (κ2) is 9.10. The summed E-state index contributed by atoms with van der Waals surface area (Å²) in [4.78, 5) is 30.0. The molecule has 0 aliphatic rings. The topological polar surface area (TPSA) is 65.1 Å². The van der Waals surface area contributed by atoms with Crippen LogP contribution < -0.4 is 5.63 Å². The molecule has 0 fully saturated rings. The number of aromatic nitrogens is 2. The largest absolute Gasteiger partial charge is 0.422 e. The Labute approximate surface area is 198 Å². The highest BCUT2D eigenvalue weighted by molar-refractivity contribution is 7.99. The molecule has 3 aromatic carbocycles. The van der Waals surface area contributed by atoms with Crippen LogP contribution in [-0.4, -0.2) is 21.1 Å². The number of rotatable bonds is 6. The highest BCUT2D eigenvalue weighted by Crippen LogP contribution is 2.28. The van der Waals surface area contributed by atoms with E-state index in [1.54, 1.807) is 42.6 Å². The molecule has 0 unspecified atom stereocenters. The maximum atomic E-state index is 12.7. The van der Waals surface area contributed by atoms with Crippen LogP contribution in [0.1, 0.15) is 10.4 Å². The molecule has 0 bridgehead atoms. The summed E-state index contributed by atoms with van der Waals surface area (Å²) in [6.45, 7) is 0. The van der Waals surface area contributed by atoms with Crippen LogP contribution in [0.15, 0.2) is 105 Å². The molecular weight excluding hydrogens is 456 g/mol. The fraction of sp³-hybridized carbons (Fsp3) is 0.0385. The van der Waals surface area contributed by atoms with Crippen molar-refractivity contribution in [3.05, 3.63) is 112 Å². The Morgan fingerprint density at radius 3 is 2.48 bits per heavy atom. The smallest absolute Gasteiger partial charge is 0.345 e. The van der Waals surface area contributed by atoms with Crippen molar-refractivity contribution in [2.75, 3.05) is 5.75 Å². The van der Waals surface area contributed by atoms with Crippen molar-refractivity contribution < 1.29 is 9.21 Å². The number of nitrogens with zero attached hydrogens (tertiary/aromatic N) is 2. The maximum Gasteiger partial charge on any atom is 0.345 e. The number of hydrogen-bond donors (Lipinski definition) is 0. The minimum Gasteiger partial charge on any atom is -0.422 e. The molecule has 162 valence electrons. The lowest BCUT2D eigenvalue weighted by Gasteiger charge is -2.07. The Morgan fingerprint density at radius 1 is 0.970 bits per heavy atom. The van der Waals surface area contributed by atoms with Crippen LogP contribution in [0.4, 0.5) is 0 Å². The number of carbonyl (C=O) groups excluding carboxylic acids is 1. The van der Waals surface area contributed by atoms with Gasteiger partial charge >= 0.3 is 5.63 Å². The third-order valence-electron chi connectivity index (χ3n) is 5.12. The first kappa shape index (κ1) is 21.2. The third-order valence-corrected chi connectivity index (χ3v) is 6.33. The minimum absolute atomic E-state index is 0.00183. The molecule has 33 heavy (non-hydrogen) atoms. The summed E-state index contributed by atoms with van der Waals surface area (Å²) < 4.78 is 7.34. The van der Waals surface area contributed by atoms with Crippen LogP contribution in [-0.2, 0) is 0 Å². The summed E-state index contributed by atoms with van der Waals surface area (Å²) in [6, 6.07) is 25.5. The molecule has 0 radical (unpaired) electrons. The van der Waals surface area contributed by atoms with Crippen molar-refractivity contribution in [1.29, 1.82) is 0 Å². The zero-order valence-corrected chi connectivity index (χ0v) is 18.8. The fourth-order valence-corrected chi connectivity index (χ4v) is 4.47. The summed E-state index contributed by atoms with van der Waals surface area (Å²) in [6.07, 6.45) is 1.78. The highest BCUT2D eigenvalue weighted by atomic mass is 35.5. The van der Waals surface area contributed by atoms with E-state index in [0.717, 1.165) is 11.1 Å². The van der Waals surface area contributed by atoms with Gasteiger partial charge in [0, 0.05) is 27.9 Å². The van der Waals surface area contributed by atoms with Crippen molar-refractivity contribution in [2.24, 2.45) is 0 Å². The molecule has 0 saturated heterocycles. The van der Waals surface area contributed by atoms with Gasteiger partial charge in [-0.2, -0.15) is 0 Å². The summed E-state index contributed by atoms with van der Waals surface area (Å²) in [5.41, 5.74) is 2.34. The van der Waals surface area contributed by atoms with Gasteiger partial charge in [0.05, 0.1) is 17.0 Å². The monoisotopic (exact) mass is 472 g/mol. The van der Waals surface area contributed by atoms with Gasteiger partial charge in [0.25, 0.3) is 0 Å². The molecule has 2 aromatic heterocycles. The van der Waals surface area contributed by atoms with Gasteiger partial charge in [0.15, 0.2) is 10.9 Å². The first-order valence-corrected chi connectivity index (χ1v) is 11.5. The van der Waals surface area contributed by atoms with Gasteiger partial charge in [-0.15, -0.1) is 0 Å². The SMILES string of the molecule is O=C(CSc1nc(-c2cc3ccccc3oc2=O)cn1-c1ccc(Cl)cc1)c1ccccc1. The van der Waals surface area contributed by atoms with Crippen LogP contribution >= 0.6 is 23.4 Å². The van der Waals surface area contributed by atoms with Gasteiger partial charge in [-0.05, 0) is 36.4 Å². The molecule has 2 heterocycles. The number of halogens is 1. The van der Waals surface area contributed by atoms with E-state index in [1.807, 2.05) is 53.1 Å². The standard InChI is InChI=1S/C26H17ClN2O3S/c27-19-10-12-20(13-11-19)29-15-22(21-14-18-8-4-5-9-24(18)32-25(21)31)28-26(29)33-16-23(30)17-6-2-1-3-7-17/h1-15H,16H2. The van der Waals surface area contributed by atoms with Crippen molar-refractivity contribution in [3.63, 3.8) is 0 Å². The average molecular weight is 473 g/mol. The summed E-state index contributed by atoms with van der Waals surface area (Å²) >= 11 is 7.37. The Hall–Kier alpha value is -3.61. The van der Waals surface area contributed by atoms with Gasteiger partial charge < -0.3 is 4.42 Å². The molecule has 7 heteroatoms. The fourth-order valence-electron chi connectivity index (χ4n) is 3.46. The number of fused-ring (bicyclic) bond motifs is 1. The van der Waals surface area contributed by atoms with E-state index in [-0.39, 0.29) is 11.5 Å². The molecule has 5 rings (SSSR count). The Kier molecular flexibility index (Phi) is 5.86. The molecule has 0 aliphatic carbocycles. The van der Waals surface area contributed by atoms with Crippen molar-refractivity contribution in [2.45, 2.75) is 5.16 Å². The molecule has 5 aromatic rings. The van der Waals surface area contributed by atoms with Crippen LogP contribution in [0.2, 0.25) is 5.02 Å². The highest BCUT2D eigenvalue weighted by Gasteiger charge is 2.17. The van der Waals surface area contributed by atoms with E-state index in [4.69, 9.17) is 21.0 Å². The van der Waals surface area contributed by atoms with Crippen molar-refractivity contribution >= 4 is 40.1 Å². The first-order chi connectivity index (χ1) is 16.1. The lowest BCUT2D eigenvalue weighted by atomic mass is 10.1. The minimum atomic E-state index is -0.466. The second-order valence-electron chi connectivity index (χ2n) is 7.32. The number of para-hydroxylation sites is 1. The zero-order chi connectivity index (χ0) is 22.8. The molecule has 0 spiro atoms. The Bertz CT molecular complexity index is 1510. The lowest BCUT2D eigenvalue weighted by Crippen LogP contribution is -2.04. The summed E-state index contributed by atoms with van der Waals surface area (Å²) in [7, 11) is 0. The van der Waals surface area contributed by atoms with Crippen molar-refractivity contribution in [3.8, 4) is 16.9 Å². The maximum absolute atomic E-state index is 12.7. The third kappa shape index (κ3) is 4.49. The second-order valence-corrected chi connectivity index (χ2v) is 8.70. The van der Waals surface area contributed by atoms with Crippen LogP contribution in [0.25, 0.3) is 27.9 Å². The van der Waals surface area contributed by atoms with Gasteiger partial charge in [-0.3, -0.25) is 9.36 Å². The molecule has 0 saturated carbocycles. The number of ketones is 1. The number of carbonyl (C=O) groups is 1. The predicted molar refractivity (Wildman–Crippen MR) is 132 cm³/mol. The van der Waals surface area contributed by atoms with E-state index in [2.05, 4.69) is 0 Å². The van der Waals surface area contributed by atoms with E-state index < -0.39 is 5.63 Å². The van der Waals surface area contributed by atoms with E-state index in [9.17, 15) is 9.59 Å². The number of Topliss-reactive ketones (excluding diaryl/α,β-unsaturated/α-hetero) is 1. The Morgan fingerprint density at radius 2 is 1.70 bits per heavy atom. The lowest BCUT2D eigenvalue weighted by molar-refractivity contribution is 0.102. The Balaban J connectivity index is 1.55. The zero-order valence-electron chi connectivity index (χ0n) is 17.3. The number of thioether (sulfide) groups is 1. The van der Waals surface area contributed by atoms with Gasteiger partial charge in [0.1, 0.15) is 5.58 Å². The average Bonchev–Trinajstić information content (AvgIpc) is 3.27. The number of benzene rings is 3. The number of imidazole rings is 1. The summed E-state index contributed by atoms with van der Waals surface area (Å²) in [5, 5.41) is 2.01. The molecule has 0 N–H and O–H groups in total. The van der Waals surface area contributed by atoms with Crippen molar-refractivity contribution in [1.82, 2.24) is 9.55 Å². The van der Waals surface area contributed by atoms with E-state index in [0.29, 0.717) is 32.6 Å². The normalized spacial score (nSPS) is 11.1. The van der Waals surface area contributed by atoms with Gasteiger partial charge in [-0.25, -0.2) is 9.78 Å². The summed E-state index contributed by atoms with van der Waals surface area (Å²) in [5.74, 6) is 0.207. The van der Waals surface area contributed by atoms with Crippen LogP contribution in [0, 0.1) is 0 Å².